The lowest BCUT2D eigenvalue weighted by Gasteiger charge is -2.10. The zero-order valence-corrected chi connectivity index (χ0v) is 18.5. The molecule has 0 aliphatic heterocycles. The van der Waals surface area contributed by atoms with E-state index in [2.05, 4.69) is 25.6 Å². The Balaban J connectivity index is 1.43. The SMILES string of the molecule is Cc1cc(C)n(-c2nnc(SC(C)C(=O)Nc3nc(-c4ccc(F)cc4)cs3)n2N)n1. The van der Waals surface area contributed by atoms with E-state index in [0.29, 0.717) is 21.9 Å². The standard InChI is InChI=1S/C19H19FN8OS2/c1-10-8-11(2)28(26-10)18-24-25-19(27(18)21)31-12(3)16(29)23-17-22-15(9-30-17)13-4-6-14(20)7-5-13/h4-9,12H,21H2,1-3H3,(H,22,23,29). The maximum absolute atomic E-state index is 13.1. The van der Waals surface area contributed by atoms with Gasteiger partial charge in [-0.05, 0) is 51.1 Å². The summed E-state index contributed by atoms with van der Waals surface area (Å²) in [5.41, 5.74) is 3.15. The van der Waals surface area contributed by atoms with Crippen LogP contribution in [0.3, 0.4) is 0 Å². The third-order valence-electron chi connectivity index (χ3n) is 4.37. The van der Waals surface area contributed by atoms with Crippen molar-refractivity contribution < 1.29 is 9.18 Å². The number of thioether (sulfide) groups is 1. The fourth-order valence-electron chi connectivity index (χ4n) is 2.83. The first-order valence-electron chi connectivity index (χ1n) is 9.25. The van der Waals surface area contributed by atoms with Crippen molar-refractivity contribution in [3.8, 4) is 17.2 Å². The Morgan fingerprint density at radius 3 is 2.68 bits per heavy atom. The summed E-state index contributed by atoms with van der Waals surface area (Å²) in [6.45, 7) is 5.51. The van der Waals surface area contributed by atoms with E-state index in [1.807, 2.05) is 19.9 Å². The maximum atomic E-state index is 13.1. The van der Waals surface area contributed by atoms with Crippen LogP contribution in [-0.2, 0) is 4.79 Å². The summed E-state index contributed by atoms with van der Waals surface area (Å²) in [4.78, 5) is 17.0. The highest BCUT2D eigenvalue weighted by molar-refractivity contribution is 8.00. The largest absolute Gasteiger partial charge is 0.334 e. The van der Waals surface area contributed by atoms with Crippen LogP contribution < -0.4 is 11.2 Å². The molecular weight excluding hydrogens is 439 g/mol. The first-order valence-corrected chi connectivity index (χ1v) is 11.0. The number of thiazole rings is 1. The molecule has 4 aromatic rings. The number of halogens is 1. The monoisotopic (exact) mass is 458 g/mol. The zero-order valence-electron chi connectivity index (χ0n) is 16.9. The number of benzene rings is 1. The molecule has 31 heavy (non-hydrogen) atoms. The molecule has 4 rings (SSSR count). The molecule has 160 valence electrons. The van der Waals surface area contributed by atoms with Crippen molar-refractivity contribution in [1.82, 2.24) is 29.6 Å². The van der Waals surface area contributed by atoms with Gasteiger partial charge < -0.3 is 11.2 Å². The van der Waals surface area contributed by atoms with Gasteiger partial charge in [0.05, 0.1) is 16.6 Å². The Morgan fingerprint density at radius 1 is 1.26 bits per heavy atom. The molecule has 0 aliphatic carbocycles. The number of nitrogens with zero attached hydrogens (tertiary/aromatic N) is 6. The lowest BCUT2D eigenvalue weighted by molar-refractivity contribution is -0.115. The molecule has 1 atom stereocenters. The summed E-state index contributed by atoms with van der Waals surface area (Å²) in [6.07, 6.45) is 0. The van der Waals surface area contributed by atoms with Gasteiger partial charge in [-0.3, -0.25) is 4.79 Å². The molecule has 9 nitrogen and oxygen atoms in total. The van der Waals surface area contributed by atoms with Crippen molar-refractivity contribution in [1.29, 1.82) is 0 Å². The molecule has 0 saturated heterocycles. The van der Waals surface area contributed by atoms with E-state index in [9.17, 15) is 9.18 Å². The number of nitrogen functional groups attached to an aromatic ring is 1. The van der Waals surface area contributed by atoms with Crippen LogP contribution in [0.2, 0.25) is 0 Å². The van der Waals surface area contributed by atoms with Crippen molar-refractivity contribution in [2.45, 2.75) is 31.2 Å². The number of aryl methyl sites for hydroxylation is 2. The highest BCUT2D eigenvalue weighted by atomic mass is 32.2. The van der Waals surface area contributed by atoms with E-state index < -0.39 is 5.25 Å². The average Bonchev–Trinajstić information content (AvgIpc) is 3.42. The third-order valence-corrected chi connectivity index (χ3v) is 6.19. The smallest absolute Gasteiger partial charge is 0.271 e. The molecule has 0 spiro atoms. The highest BCUT2D eigenvalue weighted by Crippen LogP contribution is 2.27. The maximum Gasteiger partial charge on any atom is 0.271 e. The van der Waals surface area contributed by atoms with Gasteiger partial charge in [0, 0.05) is 16.6 Å². The number of nitrogens with one attached hydrogen (secondary N) is 1. The first kappa shape index (κ1) is 21.0. The van der Waals surface area contributed by atoms with E-state index in [1.165, 1.54) is 39.9 Å². The number of hydrogen-bond donors (Lipinski definition) is 2. The van der Waals surface area contributed by atoms with Gasteiger partial charge in [-0.1, -0.05) is 11.8 Å². The molecule has 3 aromatic heterocycles. The predicted octanol–water partition coefficient (Wildman–Crippen LogP) is 3.18. The van der Waals surface area contributed by atoms with Crippen LogP contribution in [0.15, 0.2) is 40.9 Å². The van der Waals surface area contributed by atoms with Crippen molar-refractivity contribution in [2.75, 3.05) is 11.2 Å². The Kier molecular flexibility index (Phi) is 5.74. The molecule has 3 N–H and O–H groups in total. The number of anilines is 1. The van der Waals surface area contributed by atoms with E-state index in [-0.39, 0.29) is 11.7 Å². The second kappa shape index (κ2) is 8.47. The summed E-state index contributed by atoms with van der Waals surface area (Å²) in [6, 6.07) is 7.93. The Labute approximate surface area is 185 Å². The van der Waals surface area contributed by atoms with Crippen LogP contribution in [0.5, 0.6) is 0 Å². The van der Waals surface area contributed by atoms with Gasteiger partial charge in [-0.15, -0.1) is 21.5 Å². The molecule has 12 heteroatoms. The lowest BCUT2D eigenvalue weighted by Crippen LogP contribution is -2.24. The van der Waals surface area contributed by atoms with E-state index in [1.54, 1.807) is 29.1 Å². The van der Waals surface area contributed by atoms with Gasteiger partial charge in [-0.25, -0.2) is 18.7 Å². The number of carbonyl (C=O) groups excluding carboxylic acids is 1. The molecular formula is C19H19FN8OS2. The first-order chi connectivity index (χ1) is 14.8. The van der Waals surface area contributed by atoms with E-state index in [0.717, 1.165) is 17.0 Å². The topological polar surface area (TPSA) is 117 Å². The Hall–Kier alpha value is -3.25. The van der Waals surface area contributed by atoms with Crippen LogP contribution in [0.25, 0.3) is 17.2 Å². The molecule has 1 unspecified atom stereocenters. The Morgan fingerprint density at radius 2 is 2.00 bits per heavy atom. The van der Waals surface area contributed by atoms with Gasteiger partial charge in [0.25, 0.3) is 5.95 Å². The number of carbonyl (C=O) groups is 1. The second-order valence-electron chi connectivity index (χ2n) is 6.79. The summed E-state index contributed by atoms with van der Waals surface area (Å²) in [5.74, 6) is 5.94. The highest BCUT2D eigenvalue weighted by Gasteiger charge is 2.22. The summed E-state index contributed by atoms with van der Waals surface area (Å²) in [5, 5.41) is 17.5. The summed E-state index contributed by atoms with van der Waals surface area (Å²) >= 11 is 2.47. The molecule has 0 bridgehead atoms. The third kappa shape index (κ3) is 4.44. The van der Waals surface area contributed by atoms with Crippen LogP contribution in [0.1, 0.15) is 18.3 Å². The van der Waals surface area contributed by atoms with Crippen molar-refractivity contribution in [2.24, 2.45) is 0 Å². The van der Waals surface area contributed by atoms with Crippen LogP contribution in [0, 0.1) is 19.7 Å². The second-order valence-corrected chi connectivity index (χ2v) is 8.95. The minimum absolute atomic E-state index is 0.249. The zero-order chi connectivity index (χ0) is 22.1. The summed E-state index contributed by atoms with van der Waals surface area (Å²) in [7, 11) is 0. The molecule has 1 amide bonds. The van der Waals surface area contributed by atoms with E-state index >= 15 is 0 Å². The van der Waals surface area contributed by atoms with Crippen LogP contribution >= 0.6 is 23.1 Å². The lowest BCUT2D eigenvalue weighted by atomic mass is 10.2. The molecule has 0 fully saturated rings. The van der Waals surface area contributed by atoms with Gasteiger partial charge in [0.15, 0.2) is 5.13 Å². The van der Waals surface area contributed by atoms with Gasteiger partial charge in [0.1, 0.15) is 5.82 Å². The van der Waals surface area contributed by atoms with Gasteiger partial charge in [0.2, 0.25) is 11.1 Å². The van der Waals surface area contributed by atoms with Crippen LogP contribution in [0.4, 0.5) is 9.52 Å². The fourth-order valence-corrected chi connectivity index (χ4v) is 4.32. The quantitative estimate of drug-likeness (QED) is 0.337. The molecule has 3 heterocycles. The predicted molar refractivity (Wildman–Crippen MR) is 118 cm³/mol. The summed E-state index contributed by atoms with van der Waals surface area (Å²) < 4.78 is 16.0. The van der Waals surface area contributed by atoms with Crippen molar-refractivity contribution in [3.63, 3.8) is 0 Å². The Bertz CT molecular complexity index is 1230. The van der Waals surface area contributed by atoms with E-state index in [4.69, 9.17) is 5.84 Å². The van der Waals surface area contributed by atoms with Gasteiger partial charge >= 0.3 is 0 Å². The molecule has 0 aliphatic rings. The number of rotatable bonds is 6. The minimum atomic E-state index is -0.502. The molecule has 0 radical (unpaired) electrons. The number of nitrogens with two attached hydrogens (primary N) is 1. The van der Waals surface area contributed by atoms with Gasteiger partial charge in [-0.2, -0.15) is 5.10 Å². The van der Waals surface area contributed by atoms with Crippen molar-refractivity contribution >= 4 is 34.1 Å². The minimum Gasteiger partial charge on any atom is -0.334 e. The number of hydrogen-bond acceptors (Lipinski definition) is 8. The molecule has 0 saturated carbocycles. The number of aromatic nitrogens is 6. The molecule has 1 aromatic carbocycles. The average molecular weight is 459 g/mol. The number of amides is 1. The van der Waals surface area contributed by atoms with Crippen LogP contribution in [-0.4, -0.2) is 40.8 Å². The fraction of sp³-hybridized carbons (Fsp3) is 0.211. The normalized spacial score (nSPS) is 12.1. The van der Waals surface area contributed by atoms with Crippen molar-refractivity contribution in [3.05, 3.63) is 52.9 Å².